The van der Waals surface area contributed by atoms with Gasteiger partial charge in [0, 0.05) is 35.4 Å². The highest BCUT2D eigenvalue weighted by molar-refractivity contribution is 7.09. The maximum absolute atomic E-state index is 4.15. The highest BCUT2D eigenvalue weighted by Crippen LogP contribution is 2.11. The molecule has 3 nitrogen and oxygen atoms in total. The van der Waals surface area contributed by atoms with Crippen LogP contribution in [0.25, 0.3) is 6.20 Å². The predicted octanol–water partition coefficient (Wildman–Crippen LogP) is 2.77. The SMILES string of the molecule is C=Cn1cc(CNC(C)Cc2cccs2)cn1. The minimum absolute atomic E-state index is 0.473. The first-order chi connectivity index (χ1) is 8.28. The summed E-state index contributed by atoms with van der Waals surface area (Å²) in [5.41, 5.74) is 1.18. The Balaban J connectivity index is 1.79. The quantitative estimate of drug-likeness (QED) is 0.850. The van der Waals surface area contributed by atoms with Gasteiger partial charge in [0.05, 0.1) is 6.20 Å². The molecular weight excluding hydrogens is 230 g/mol. The van der Waals surface area contributed by atoms with E-state index in [-0.39, 0.29) is 0 Å². The summed E-state index contributed by atoms with van der Waals surface area (Å²) in [5.74, 6) is 0. The van der Waals surface area contributed by atoms with Crippen LogP contribution in [0.1, 0.15) is 17.4 Å². The molecule has 2 aromatic rings. The van der Waals surface area contributed by atoms with Crippen molar-refractivity contribution in [1.82, 2.24) is 15.1 Å². The standard InChI is InChI=1S/C13H17N3S/c1-3-16-10-12(9-15-16)8-14-11(2)7-13-5-4-6-17-13/h3-6,9-11,14H,1,7-8H2,2H3. The molecular formula is C13H17N3S. The molecule has 0 aliphatic carbocycles. The van der Waals surface area contributed by atoms with Gasteiger partial charge in [-0.25, -0.2) is 4.68 Å². The first-order valence-corrected chi connectivity index (χ1v) is 6.57. The lowest BCUT2D eigenvalue weighted by molar-refractivity contribution is 0.548. The number of nitrogens with one attached hydrogen (secondary N) is 1. The van der Waals surface area contributed by atoms with E-state index in [2.05, 4.69) is 41.4 Å². The van der Waals surface area contributed by atoms with Gasteiger partial charge in [-0.3, -0.25) is 0 Å². The van der Waals surface area contributed by atoms with Crippen molar-refractivity contribution < 1.29 is 0 Å². The number of hydrogen-bond acceptors (Lipinski definition) is 3. The zero-order chi connectivity index (χ0) is 12.1. The summed E-state index contributed by atoms with van der Waals surface area (Å²) in [5, 5.41) is 9.76. The Bertz CT molecular complexity index is 459. The topological polar surface area (TPSA) is 29.9 Å². The number of nitrogens with zero attached hydrogens (tertiary/aromatic N) is 2. The Labute approximate surface area is 106 Å². The van der Waals surface area contributed by atoms with Crippen molar-refractivity contribution in [2.75, 3.05) is 0 Å². The fourth-order valence-corrected chi connectivity index (χ4v) is 2.50. The van der Waals surface area contributed by atoms with Crippen molar-refractivity contribution in [3.05, 3.63) is 46.9 Å². The number of thiophene rings is 1. The van der Waals surface area contributed by atoms with Gasteiger partial charge < -0.3 is 5.32 Å². The Kier molecular flexibility index (Phi) is 4.12. The van der Waals surface area contributed by atoms with E-state index >= 15 is 0 Å². The van der Waals surface area contributed by atoms with Gasteiger partial charge in [-0.2, -0.15) is 5.10 Å². The average molecular weight is 247 g/mol. The van der Waals surface area contributed by atoms with Crippen molar-refractivity contribution in [1.29, 1.82) is 0 Å². The number of rotatable bonds is 6. The van der Waals surface area contributed by atoms with Gasteiger partial charge >= 0.3 is 0 Å². The van der Waals surface area contributed by atoms with Crippen molar-refractivity contribution >= 4 is 17.5 Å². The molecule has 1 N–H and O–H groups in total. The monoisotopic (exact) mass is 247 g/mol. The zero-order valence-electron chi connectivity index (χ0n) is 9.97. The van der Waals surface area contributed by atoms with Crippen molar-refractivity contribution in [2.24, 2.45) is 0 Å². The molecule has 2 heterocycles. The Morgan fingerprint density at radius 1 is 1.65 bits per heavy atom. The van der Waals surface area contributed by atoms with E-state index in [1.807, 2.05) is 23.7 Å². The second-order valence-electron chi connectivity index (χ2n) is 4.08. The third-order valence-corrected chi connectivity index (χ3v) is 3.48. The lowest BCUT2D eigenvalue weighted by Crippen LogP contribution is -2.27. The second kappa shape index (κ2) is 5.80. The van der Waals surface area contributed by atoms with E-state index in [1.54, 1.807) is 10.9 Å². The number of aromatic nitrogens is 2. The summed E-state index contributed by atoms with van der Waals surface area (Å²) in [7, 11) is 0. The first kappa shape index (κ1) is 12.1. The third kappa shape index (κ3) is 3.54. The first-order valence-electron chi connectivity index (χ1n) is 5.69. The third-order valence-electron chi connectivity index (χ3n) is 2.58. The van der Waals surface area contributed by atoms with Crippen LogP contribution in [0.15, 0.2) is 36.5 Å². The zero-order valence-corrected chi connectivity index (χ0v) is 10.8. The largest absolute Gasteiger partial charge is 0.310 e. The minimum Gasteiger partial charge on any atom is -0.310 e. The Morgan fingerprint density at radius 3 is 3.18 bits per heavy atom. The fourth-order valence-electron chi connectivity index (χ4n) is 1.66. The Hall–Kier alpha value is -1.39. The molecule has 0 saturated heterocycles. The van der Waals surface area contributed by atoms with Gasteiger partial charge in [0.25, 0.3) is 0 Å². The van der Waals surface area contributed by atoms with Crippen LogP contribution in [0.2, 0.25) is 0 Å². The predicted molar refractivity (Wildman–Crippen MR) is 72.9 cm³/mol. The Morgan fingerprint density at radius 2 is 2.53 bits per heavy atom. The lowest BCUT2D eigenvalue weighted by atomic mass is 10.2. The van der Waals surface area contributed by atoms with Gasteiger partial charge in [0.2, 0.25) is 0 Å². The van der Waals surface area contributed by atoms with E-state index in [1.165, 1.54) is 10.4 Å². The maximum atomic E-state index is 4.15. The molecule has 0 saturated carbocycles. The molecule has 0 spiro atoms. The molecule has 2 aromatic heterocycles. The van der Waals surface area contributed by atoms with Crippen LogP contribution < -0.4 is 5.32 Å². The smallest absolute Gasteiger partial charge is 0.0538 e. The molecule has 0 aliphatic heterocycles. The molecule has 0 bridgehead atoms. The average Bonchev–Trinajstić information content (AvgIpc) is 2.96. The number of hydrogen-bond donors (Lipinski definition) is 1. The highest BCUT2D eigenvalue weighted by Gasteiger charge is 2.04. The van der Waals surface area contributed by atoms with Gasteiger partial charge in [-0.15, -0.1) is 11.3 Å². The normalized spacial score (nSPS) is 12.5. The molecule has 0 aromatic carbocycles. The summed E-state index contributed by atoms with van der Waals surface area (Å²) >= 11 is 1.81. The van der Waals surface area contributed by atoms with E-state index in [0.29, 0.717) is 6.04 Å². The van der Waals surface area contributed by atoms with Gasteiger partial charge in [0.15, 0.2) is 0 Å². The van der Waals surface area contributed by atoms with Crippen molar-refractivity contribution in [2.45, 2.75) is 25.9 Å². The van der Waals surface area contributed by atoms with E-state index in [9.17, 15) is 0 Å². The van der Waals surface area contributed by atoms with Gasteiger partial charge in [-0.05, 0) is 24.8 Å². The molecule has 17 heavy (non-hydrogen) atoms. The van der Waals surface area contributed by atoms with Gasteiger partial charge in [-0.1, -0.05) is 12.6 Å². The molecule has 4 heteroatoms. The minimum atomic E-state index is 0.473. The van der Waals surface area contributed by atoms with E-state index in [0.717, 1.165) is 13.0 Å². The van der Waals surface area contributed by atoms with Crippen LogP contribution in [0.3, 0.4) is 0 Å². The van der Waals surface area contributed by atoms with E-state index < -0.39 is 0 Å². The van der Waals surface area contributed by atoms with Crippen LogP contribution in [0, 0.1) is 0 Å². The van der Waals surface area contributed by atoms with Crippen LogP contribution in [0.4, 0.5) is 0 Å². The second-order valence-corrected chi connectivity index (χ2v) is 5.11. The van der Waals surface area contributed by atoms with Crippen LogP contribution >= 0.6 is 11.3 Å². The van der Waals surface area contributed by atoms with Crippen molar-refractivity contribution in [3.8, 4) is 0 Å². The maximum Gasteiger partial charge on any atom is 0.0538 e. The molecule has 90 valence electrons. The highest BCUT2D eigenvalue weighted by atomic mass is 32.1. The van der Waals surface area contributed by atoms with Crippen LogP contribution in [-0.2, 0) is 13.0 Å². The van der Waals surface area contributed by atoms with Gasteiger partial charge in [0.1, 0.15) is 0 Å². The molecule has 0 fully saturated rings. The molecule has 2 rings (SSSR count). The van der Waals surface area contributed by atoms with Crippen molar-refractivity contribution in [3.63, 3.8) is 0 Å². The summed E-state index contributed by atoms with van der Waals surface area (Å²) in [6.07, 6.45) is 6.62. The summed E-state index contributed by atoms with van der Waals surface area (Å²) in [4.78, 5) is 1.42. The van der Waals surface area contributed by atoms with Crippen LogP contribution in [-0.4, -0.2) is 15.8 Å². The molecule has 0 amide bonds. The summed E-state index contributed by atoms with van der Waals surface area (Å²) < 4.78 is 1.72. The molecule has 1 atom stereocenters. The lowest BCUT2D eigenvalue weighted by Gasteiger charge is -2.11. The molecule has 0 radical (unpaired) electrons. The van der Waals surface area contributed by atoms with E-state index in [4.69, 9.17) is 0 Å². The molecule has 1 unspecified atom stereocenters. The fraction of sp³-hybridized carbons (Fsp3) is 0.308. The molecule has 0 aliphatic rings. The van der Waals surface area contributed by atoms with Crippen LogP contribution in [0.5, 0.6) is 0 Å². The summed E-state index contributed by atoms with van der Waals surface area (Å²) in [6.45, 7) is 6.72. The summed E-state index contributed by atoms with van der Waals surface area (Å²) in [6, 6.07) is 4.75.